The summed E-state index contributed by atoms with van der Waals surface area (Å²) in [7, 11) is 0. The van der Waals surface area contributed by atoms with Gasteiger partial charge in [0, 0.05) is 5.56 Å². The van der Waals surface area contributed by atoms with E-state index in [0.717, 1.165) is 11.1 Å². The number of aryl methyl sites for hydroxylation is 1. The van der Waals surface area contributed by atoms with Gasteiger partial charge in [-0.3, -0.25) is 4.79 Å². The molecule has 4 nitrogen and oxygen atoms in total. The SMILES string of the molecule is Cc1ccc([C@H]2OC(N)=NC2=O)cc1. The number of rotatable bonds is 1. The van der Waals surface area contributed by atoms with Crippen LogP contribution < -0.4 is 5.73 Å². The average Bonchev–Trinajstić information content (AvgIpc) is 2.47. The van der Waals surface area contributed by atoms with Gasteiger partial charge in [-0.05, 0) is 6.92 Å². The first kappa shape index (κ1) is 8.74. The lowest BCUT2D eigenvalue weighted by molar-refractivity contribution is -0.122. The number of benzene rings is 1. The highest BCUT2D eigenvalue weighted by Gasteiger charge is 2.28. The maximum absolute atomic E-state index is 11.3. The fourth-order valence-electron chi connectivity index (χ4n) is 1.32. The van der Waals surface area contributed by atoms with Crippen LogP contribution in [0.15, 0.2) is 29.3 Å². The van der Waals surface area contributed by atoms with Crippen molar-refractivity contribution in [2.24, 2.45) is 10.7 Å². The van der Waals surface area contributed by atoms with Crippen LogP contribution in [0, 0.1) is 6.92 Å². The van der Waals surface area contributed by atoms with Crippen LogP contribution in [0.5, 0.6) is 0 Å². The summed E-state index contributed by atoms with van der Waals surface area (Å²) in [5, 5.41) is 0. The van der Waals surface area contributed by atoms with Crippen molar-refractivity contribution in [3.8, 4) is 0 Å². The summed E-state index contributed by atoms with van der Waals surface area (Å²) in [6, 6.07) is 7.46. The van der Waals surface area contributed by atoms with Crippen molar-refractivity contribution >= 4 is 11.9 Å². The Morgan fingerprint density at radius 1 is 1.36 bits per heavy atom. The minimum atomic E-state index is -0.657. The summed E-state index contributed by atoms with van der Waals surface area (Å²) in [6.45, 7) is 1.98. The summed E-state index contributed by atoms with van der Waals surface area (Å²) in [6.07, 6.45) is -0.657. The maximum atomic E-state index is 11.3. The Morgan fingerprint density at radius 2 is 2.00 bits per heavy atom. The molecule has 2 rings (SSSR count). The molecule has 0 aliphatic carbocycles. The molecule has 2 N–H and O–H groups in total. The molecule has 0 spiro atoms. The van der Waals surface area contributed by atoms with Gasteiger partial charge < -0.3 is 10.5 Å². The molecule has 1 aliphatic heterocycles. The first-order valence-corrected chi connectivity index (χ1v) is 4.28. The van der Waals surface area contributed by atoms with E-state index in [9.17, 15) is 4.79 Å². The molecule has 1 heterocycles. The molecule has 1 aliphatic rings. The highest BCUT2D eigenvalue weighted by Crippen LogP contribution is 2.23. The third kappa shape index (κ3) is 1.46. The molecule has 0 aromatic heterocycles. The molecule has 4 heteroatoms. The van der Waals surface area contributed by atoms with Gasteiger partial charge in [-0.1, -0.05) is 29.8 Å². The number of hydrogen-bond donors (Lipinski definition) is 1. The Morgan fingerprint density at radius 3 is 2.50 bits per heavy atom. The smallest absolute Gasteiger partial charge is 0.296 e. The number of carbonyl (C=O) groups excluding carboxylic acids is 1. The fourth-order valence-corrected chi connectivity index (χ4v) is 1.32. The van der Waals surface area contributed by atoms with Gasteiger partial charge in [-0.25, -0.2) is 0 Å². The molecule has 0 fully saturated rings. The molecule has 1 atom stereocenters. The highest BCUT2D eigenvalue weighted by molar-refractivity contribution is 5.98. The van der Waals surface area contributed by atoms with E-state index in [1.165, 1.54) is 0 Å². The van der Waals surface area contributed by atoms with E-state index in [-0.39, 0.29) is 11.9 Å². The van der Waals surface area contributed by atoms with Gasteiger partial charge in [-0.2, -0.15) is 4.99 Å². The quantitative estimate of drug-likeness (QED) is 0.715. The van der Waals surface area contributed by atoms with Crippen LogP contribution in [0.1, 0.15) is 17.2 Å². The van der Waals surface area contributed by atoms with Crippen molar-refractivity contribution in [1.29, 1.82) is 0 Å². The molecule has 1 aromatic carbocycles. The molecular formula is C10H10N2O2. The number of aliphatic imine (C=N–C) groups is 1. The Hall–Kier alpha value is -1.84. The number of nitrogens with zero attached hydrogens (tertiary/aromatic N) is 1. The van der Waals surface area contributed by atoms with Crippen molar-refractivity contribution in [2.75, 3.05) is 0 Å². The van der Waals surface area contributed by atoms with E-state index in [4.69, 9.17) is 10.5 Å². The topological polar surface area (TPSA) is 64.7 Å². The Kier molecular flexibility index (Phi) is 1.96. The third-order valence-corrected chi connectivity index (χ3v) is 2.06. The van der Waals surface area contributed by atoms with Crippen LogP contribution in [-0.2, 0) is 9.53 Å². The average molecular weight is 190 g/mol. The summed E-state index contributed by atoms with van der Waals surface area (Å²) in [5.41, 5.74) is 7.20. The molecule has 0 unspecified atom stereocenters. The van der Waals surface area contributed by atoms with Crippen molar-refractivity contribution in [3.63, 3.8) is 0 Å². The van der Waals surface area contributed by atoms with Crippen molar-refractivity contribution in [1.82, 2.24) is 0 Å². The van der Waals surface area contributed by atoms with E-state index < -0.39 is 6.10 Å². The zero-order valence-corrected chi connectivity index (χ0v) is 7.73. The van der Waals surface area contributed by atoms with Gasteiger partial charge >= 0.3 is 0 Å². The molecule has 1 aromatic rings. The van der Waals surface area contributed by atoms with Gasteiger partial charge in [-0.15, -0.1) is 0 Å². The highest BCUT2D eigenvalue weighted by atomic mass is 16.5. The molecule has 0 saturated carbocycles. The van der Waals surface area contributed by atoms with Crippen molar-refractivity contribution in [3.05, 3.63) is 35.4 Å². The van der Waals surface area contributed by atoms with E-state index >= 15 is 0 Å². The third-order valence-electron chi connectivity index (χ3n) is 2.06. The van der Waals surface area contributed by atoms with Gasteiger partial charge in [0.15, 0.2) is 0 Å². The normalized spacial score (nSPS) is 20.5. The maximum Gasteiger partial charge on any atom is 0.296 e. The molecule has 0 radical (unpaired) electrons. The molecule has 14 heavy (non-hydrogen) atoms. The van der Waals surface area contributed by atoms with Crippen molar-refractivity contribution < 1.29 is 9.53 Å². The first-order valence-electron chi connectivity index (χ1n) is 4.28. The number of hydrogen-bond acceptors (Lipinski definition) is 3. The van der Waals surface area contributed by atoms with Crippen LogP contribution in [0.25, 0.3) is 0 Å². The number of amides is 1. The predicted molar refractivity (Wildman–Crippen MR) is 51.6 cm³/mol. The second-order valence-electron chi connectivity index (χ2n) is 3.20. The Balaban J connectivity index is 2.26. The van der Waals surface area contributed by atoms with Gasteiger partial charge in [0.1, 0.15) is 0 Å². The zero-order valence-electron chi connectivity index (χ0n) is 7.73. The molecule has 1 amide bonds. The zero-order chi connectivity index (χ0) is 10.1. The summed E-state index contributed by atoms with van der Waals surface area (Å²) in [4.78, 5) is 14.8. The molecule has 0 saturated heterocycles. The second kappa shape index (κ2) is 3.14. The number of amidine groups is 1. The predicted octanol–water partition coefficient (Wildman–Crippen LogP) is 0.908. The van der Waals surface area contributed by atoms with Crippen LogP contribution in [0.3, 0.4) is 0 Å². The molecular weight excluding hydrogens is 180 g/mol. The van der Waals surface area contributed by atoms with Gasteiger partial charge in [0.25, 0.3) is 11.9 Å². The van der Waals surface area contributed by atoms with Crippen LogP contribution in [0.2, 0.25) is 0 Å². The molecule has 0 bridgehead atoms. The molecule has 72 valence electrons. The minimum absolute atomic E-state index is 0.0550. The van der Waals surface area contributed by atoms with E-state index in [2.05, 4.69) is 4.99 Å². The minimum Gasteiger partial charge on any atom is -0.447 e. The lowest BCUT2D eigenvalue weighted by Gasteiger charge is -2.08. The Labute approximate surface area is 81.4 Å². The summed E-state index contributed by atoms with van der Waals surface area (Å²) < 4.78 is 5.08. The lowest BCUT2D eigenvalue weighted by Crippen LogP contribution is -2.13. The second-order valence-corrected chi connectivity index (χ2v) is 3.20. The van der Waals surface area contributed by atoms with Crippen LogP contribution in [-0.4, -0.2) is 11.9 Å². The van der Waals surface area contributed by atoms with E-state index in [1.807, 2.05) is 31.2 Å². The monoisotopic (exact) mass is 190 g/mol. The summed E-state index contributed by atoms with van der Waals surface area (Å²) in [5.74, 6) is -0.341. The van der Waals surface area contributed by atoms with Crippen LogP contribution in [0.4, 0.5) is 0 Å². The van der Waals surface area contributed by atoms with Crippen molar-refractivity contribution in [2.45, 2.75) is 13.0 Å². The van der Waals surface area contributed by atoms with Crippen LogP contribution >= 0.6 is 0 Å². The fraction of sp³-hybridized carbons (Fsp3) is 0.200. The standard InChI is InChI=1S/C10H10N2O2/c1-6-2-4-7(5-3-6)8-9(13)12-10(11)14-8/h2-5,8H,1H3,(H2,11,12,13)/t8-/m1/s1. The number of ether oxygens (including phenoxy) is 1. The lowest BCUT2D eigenvalue weighted by atomic mass is 10.1. The van der Waals surface area contributed by atoms with E-state index in [0.29, 0.717) is 0 Å². The van der Waals surface area contributed by atoms with E-state index in [1.54, 1.807) is 0 Å². The number of carbonyl (C=O) groups is 1. The Bertz CT molecular complexity index is 395. The largest absolute Gasteiger partial charge is 0.447 e. The van der Waals surface area contributed by atoms with Gasteiger partial charge in [0.05, 0.1) is 0 Å². The first-order chi connectivity index (χ1) is 6.66. The van der Waals surface area contributed by atoms with Gasteiger partial charge in [0.2, 0.25) is 6.10 Å². The summed E-state index contributed by atoms with van der Waals surface area (Å²) >= 11 is 0. The number of nitrogens with two attached hydrogens (primary N) is 1.